The van der Waals surface area contributed by atoms with Gasteiger partial charge in [0.2, 0.25) is 0 Å². The van der Waals surface area contributed by atoms with Crippen molar-refractivity contribution in [1.29, 1.82) is 0 Å². The molecule has 78 valence electrons. The average molecular weight is 194 g/mol. The molecule has 1 heterocycles. The van der Waals surface area contributed by atoms with Crippen LogP contribution in [0.15, 0.2) is 9.98 Å². The Balaban J connectivity index is 1.78. The molecule has 0 bridgehead atoms. The summed E-state index contributed by atoms with van der Waals surface area (Å²) in [5.74, 6) is 0.507. The van der Waals surface area contributed by atoms with E-state index in [2.05, 4.69) is 9.98 Å². The first-order valence-electron chi connectivity index (χ1n) is 5.59. The largest absolute Gasteiger partial charge is 0.393 e. The monoisotopic (exact) mass is 194 g/mol. The van der Waals surface area contributed by atoms with Gasteiger partial charge in [0.1, 0.15) is 6.34 Å². The van der Waals surface area contributed by atoms with E-state index in [1.165, 1.54) is 32.1 Å². The lowest BCUT2D eigenvalue weighted by molar-refractivity contribution is 0.0765. The minimum atomic E-state index is -0.179. The molecule has 1 saturated carbocycles. The predicted molar refractivity (Wildman–Crippen MR) is 58.0 cm³/mol. The summed E-state index contributed by atoms with van der Waals surface area (Å²) >= 11 is 0. The summed E-state index contributed by atoms with van der Waals surface area (Å²) in [6.07, 6.45) is 10.3. The lowest BCUT2D eigenvalue weighted by Gasteiger charge is -2.27. The third-order valence-electron chi connectivity index (χ3n) is 3.26. The first-order chi connectivity index (χ1) is 6.86. The van der Waals surface area contributed by atoms with Crippen LogP contribution in [-0.4, -0.2) is 29.8 Å². The van der Waals surface area contributed by atoms with Crippen molar-refractivity contribution in [2.75, 3.05) is 0 Å². The van der Waals surface area contributed by atoms with Crippen LogP contribution in [0.4, 0.5) is 0 Å². The second-order valence-electron chi connectivity index (χ2n) is 4.33. The second-order valence-corrected chi connectivity index (χ2v) is 4.33. The predicted octanol–water partition coefficient (Wildman–Crippen LogP) is 1.80. The number of hydrogen-bond acceptors (Lipinski definition) is 3. The van der Waals surface area contributed by atoms with E-state index in [0.717, 1.165) is 6.42 Å². The van der Waals surface area contributed by atoms with Gasteiger partial charge in [-0.15, -0.1) is 0 Å². The van der Waals surface area contributed by atoms with Gasteiger partial charge in [-0.1, -0.05) is 19.3 Å². The van der Waals surface area contributed by atoms with E-state index in [1.54, 1.807) is 6.34 Å². The van der Waals surface area contributed by atoms with E-state index < -0.39 is 0 Å². The van der Waals surface area contributed by atoms with Crippen LogP contribution >= 0.6 is 0 Å². The maximum Gasteiger partial charge on any atom is 0.110 e. The van der Waals surface area contributed by atoms with Crippen LogP contribution in [0, 0.1) is 5.92 Å². The van der Waals surface area contributed by atoms with Crippen LogP contribution in [0.3, 0.4) is 0 Å². The molecular weight excluding hydrogens is 176 g/mol. The second kappa shape index (κ2) is 4.69. The Morgan fingerprint density at radius 2 is 2.07 bits per heavy atom. The van der Waals surface area contributed by atoms with E-state index in [0.29, 0.717) is 5.92 Å². The summed E-state index contributed by atoms with van der Waals surface area (Å²) in [4.78, 5) is 8.10. The van der Waals surface area contributed by atoms with Gasteiger partial charge >= 0.3 is 0 Å². The van der Waals surface area contributed by atoms with Gasteiger partial charge in [-0.3, -0.25) is 4.99 Å². The van der Waals surface area contributed by atoms with Gasteiger partial charge in [-0.25, -0.2) is 4.99 Å². The van der Waals surface area contributed by atoms with Crippen LogP contribution in [0.25, 0.3) is 0 Å². The van der Waals surface area contributed by atoms with Gasteiger partial charge < -0.3 is 5.11 Å². The zero-order valence-corrected chi connectivity index (χ0v) is 8.47. The molecule has 2 rings (SSSR count). The summed E-state index contributed by atoms with van der Waals surface area (Å²) in [7, 11) is 0. The summed E-state index contributed by atoms with van der Waals surface area (Å²) in [5.41, 5.74) is 0. The van der Waals surface area contributed by atoms with Crippen molar-refractivity contribution in [3.8, 4) is 0 Å². The average Bonchev–Trinajstić information content (AvgIpc) is 2.72. The number of aliphatic imine (C=N–C) groups is 2. The Morgan fingerprint density at radius 3 is 2.71 bits per heavy atom. The fourth-order valence-electron chi connectivity index (χ4n) is 2.38. The molecule has 3 nitrogen and oxygen atoms in total. The van der Waals surface area contributed by atoms with Crippen LogP contribution in [0.2, 0.25) is 0 Å². The van der Waals surface area contributed by atoms with E-state index in [-0.39, 0.29) is 12.1 Å². The molecule has 14 heavy (non-hydrogen) atoms. The zero-order chi connectivity index (χ0) is 9.80. The lowest BCUT2D eigenvalue weighted by atomic mass is 9.83. The van der Waals surface area contributed by atoms with Crippen molar-refractivity contribution >= 4 is 12.6 Å². The van der Waals surface area contributed by atoms with Crippen molar-refractivity contribution in [2.45, 2.75) is 50.7 Å². The maximum atomic E-state index is 10.00. The number of aliphatic hydroxyl groups excluding tert-OH is 1. The Morgan fingerprint density at radius 1 is 1.29 bits per heavy atom. The summed E-state index contributed by atoms with van der Waals surface area (Å²) in [6, 6.07) is 0.131. The minimum absolute atomic E-state index is 0.131. The fourth-order valence-corrected chi connectivity index (χ4v) is 2.38. The Hall–Kier alpha value is -0.700. The van der Waals surface area contributed by atoms with E-state index >= 15 is 0 Å². The maximum absolute atomic E-state index is 10.00. The molecule has 0 aromatic carbocycles. The highest BCUT2D eigenvalue weighted by atomic mass is 16.3. The molecule has 2 aliphatic rings. The van der Waals surface area contributed by atoms with Gasteiger partial charge in [-0.2, -0.15) is 0 Å². The number of aliphatic hydroxyl groups is 1. The van der Waals surface area contributed by atoms with Crippen LogP contribution in [-0.2, 0) is 0 Å². The highest BCUT2D eigenvalue weighted by molar-refractivity contribution is 5.82. The van der Waals surface area contributed by atoms with E-state index in [4.69, 9.17) is 0 Å². The van der Waals surface area contributed by atoms with Crippen molar-refractivity contribution in [3.63, 3.8) is 0 Å². The first-order valence-corrected chi connectivity index (χ1v) is 5.59. The molecule has 0 saturated heterocycles. The molecule has 2 atom stereocenters. The Bertz CT molecular complexity index is 219. The molecule has 0 aromatic heterocycles. The molecule has 2 unspecified atom stereocenters. The molecule has 1 N–H and O–H groups in total. The molecule has 3 heteroatoms. The molecule has 0 aromatic rings. The van der Waals surface area contributed by atoms with Crippen LogP contribution < -0.4 is 0 Å². The summed E-state index contributed by atoms with van der Waals surface area (Å²) < 4.78 is 0. The highest BCUT2D eigenvalue weighted by Gasteiger charge is 2.24. The van der Waals surface area contributed by atoms with Crippen molar-refractivity contribution in [2.24, 2.45) is 15.9 Å². The first kappa shape index (κ1) is 9.84. The smallest absolute Gasteiger partial charge is 0.110 e. The molecule has 0 amide bonds. The van der Waals surface area contributed by atoms with Crippen molar-refractivity contribution in [3.05, 3.63) is 0 Å². The third-order valence-corrected chi connectivity index (χ3v) is 3.26. The number of rotatable bonds is 3. The minimum Gasteiger partial charge on any atom is -0.393 e. The third kappa shape index (κ3) is 2.41. The standard InChI is InChI=1S/C11H18N2O/c14-11(6-10-7-12-8-13-10)9-4-2-1-3-5-9/h7-11,14H,1-6H2. The van der Waals surface area contributed by atoms with Gasteiger partial charge in [0.05, 0.1) is 12.1 Å². The summed E-state index contributed by atoms with van der Waals surface area (Å²) in [6.45, 7) is 0. The topological polar surface area (TPSA) is 45.0 Å². The Labute approximate surface area is 85.0 Å². The van der Waals surface area contributed by atoms with Gasteiger partial charge in [0.25, 0.3) is 0 Å². The SMILES string of the molecule is OC(CC1C=NC=N1)C1CCCCC1. The van der Waals surface area contributed by atoms with Gasteiger partial charge in [0.15, 0.2) is 0 Å². The molecule has 1 aliphatic heterocycles. The van der Waals surface area contributed by atoms with E-state index in [1.807, 2.05) is 6.21 Å². The fraction of sp³-hybridized carbons (Fsp3) is 0.818. The molecule has 1 fully saturated rings. The molecule has 1 aliphatic carbocycles. The molecule has 0 spiro atoms. The number of nitrogens with zero attached hydrogens (tertiary/aromatic N) is 2. The normalized spacial score (nSPS) is 29.6. The zero-order valence-electron chi connectivity index (χ0n) is 8.47. The van der Waals surface area contributed by atoms with Gasteiger partial charge in [0, 0.05) is 12.6 Å². The highest BCUT2D eigenvalue weighted by Crippen LogP contribution is 2.28. The van der Waals surface area contributed by atoms with Crippen LogP contribution in [0.1, 0.15) is 38.5 Å². The van der Waals surface area contributed by atoms with Crippen molar-refractivity contribution < 1.29 is 5.11 Å². The Kier molecular flexibility index (Phi) is 3.30. The van der Waals surface area contributed by atoms with Crippen LogP contribution in [0.5, 0.6) is 0 Å². The lowest BCUT2D eigenvalue weighted by Crippen LogP contribution is -2.26. The van der Waals surface area contributed by atoms with Gasteiger partial charge in [-0.05, 0) is 18.8 Å². The van der Waals surface area contributed by atoms with E-state index in [9.17, 15) is 5.11 Å². The summed E-state index contributed by atoms with van der Waals surface area (Å²) in [5, 5.41) is 10.00. The quantitative estimate of drug-likeness (QED) is 0.731. The molecular formula is C11H18N2O. The van der Waals surface area contributed by atoms with Crippen molar-refractivity contribution in [1.82, 2.24) is 0 Å². The number of hydrogen-bond donors (Lipinski definition) is 1. The molecule has 0 radical (unpaired) electrons.